The fourth-order valence-electron chi connectivity index (χ4n) is 2.56. The standard InChI is InChI=1S/C21H14ClF8N5O2/c22-15-9-16(32-12-4-6-13(7-5-12)36-20(27,28)17(23)24)34-19(33-15)35-31-10-11-2-1-3-14(8-11)37-21(29,30)18(25)26/h1-9,17-18H,10H2,(H,32,33,34). The molecule has 0 aliphatic heterocycles. The Balaban J connectivity index is 1.65. The van der Waals surface area contributed by atoms with E-state index in [0.29, 0.717) is 11.3 Å². The van der Waals surface area contributed by atoms with Crippen LogP contribution in [0.5, 0.6) is 11.5 Å². The lowest BCUT2D eigenvalue weighted by Crippen LogP contribution is -2.33. The number of hydrogen-bond donors (Lipinski definition) is 1. The molecule has 0 fully saturated rings. The molecule has 1 N–H and O–H groups in total. The minimum absolute atomic E-state index is 0.0624. The average Bonchev–Trinajstić information content (AvgIpc) is 2.80. The summed E-state index contributed by atoms with van der Waals surface area (Å²) in [6.45, 7) is -0.180. The van der Waals surface area contributed by atoms with Crippen LogP contribution in [0.3, 0.4) is 0 Å². The molecule has 198 valence electrons. The predicted molar refractivity (Wildman–Crippen MR) is 115 cm³/mol. The predicted octanol–water partition coefficient (Wildman–Crippen LogP) is 7.63. The van der Waals surface area contributed by atoms with Crippen LogP contribution in [0, 0.1) is 0 Å². The van der Waals surface area contributed by atoms with Crippen molar-refractivity contribution in [2.45, 2.75) is 31.6 Å². The number of aromatic nitrogens is 2. The van der Waals surface area contributed by atoms with Gasteiger partial charge >= 0.3 is 25.1 Å². The molecule has 0 aliphatic carbocycles. The van der Waals surface area contributed by atoms with Gasteiger partial charge in [-0.25, -0.2) is 0 Å². The van der Waals surface area contributed by atoms with E-state index in [1.165, 1.54) is 30.3 Å². The molecule has 1 aromatic heterocycles. The molecule has 0 saturated carbocycles. The molecule has 0 saturated heterocycles. The van der Waals surface area contributed by atoms with Gasteiger partial charge in [-0.15, -0.1) is 5.11 Å². The number of halogens is 9. The molecule has 3 aromatic rings. The Hall–Kier alpha value is -3.75. The van der Waals surface area contributed by atoms with Gasteiger partial charge in [0.15, 0.2) is 0 Å². The molecule has 1 heterocycles. The lowest BCUT2D eigenvalue weighted by molar-refractivity contribution is -0.253. The van der Waals surface area contributed by atoms with Crippen LogP contribution < -0.4 is 14.8 Å². The second kappa shape index (κ2) is 11.5. The van der Waals surface area contributed by atoms with Crippen LogP contribution in [0.1, 0.15) is 5.56 Å². The number of rotatable bonds is 11. The van der Waals surface area contributed by atoms with E-state index in [1.807, 2.05) is 0 Å². The second-order valence-electron chi connectivity index (χ2n) is 7.00. The first kappa shape index (κ1) is 27.8. The minimum Gasteiger partial charge on any atom is -0.428 e. The molecule has 0 bridgehead atoms. The van der Waals surface area contributed by atoms with Gasteiger partial charge in [0.25, 0.3) is 5.95 Å². The van der Waals surface area contributed by atoms with Gasteiger partial charge in [0.05, 0.1) is 6.54 Å². The average molecular weight is 556 g/mol. The third-order valence-electron chi connectivity index (χ3n) is 4.14. The Morgan fingerprint density at radius 3 is 2.08 bits per heavy atom. The largest absolute Gasteiger partial charge is 0.461 e. The summed E-state index contributed by atoms with van der Waals surface area (Å²) in [7, 11) is 0. The van der Waals surface area contributed by atoms with Gasteiger partial charge in [-0.2, -0.15) is 50.2 Å². The highest BCUT2D eigenvalue weighted by Crippen LogP contribution is 2.30. The number of azo groups is 1. The maximum Gasteiger partial charge on any atom is 0.461 e. The molecule has 2 aromatic carbocycles. The summed E-state index contributed by atoms with van der Waals surface area (Å²) in [5.74, 6) is -1.12. The highest BCUT2D eigenvalue weighted by molar-refractivity contribution is 6.29. The van der Waals surface area contributed by atoms with Crippen molar-refractivity contribution >= 4 is 29.1 Å². The number of benzene rings is 2. The maximum atomic E-state index is 13.1. The first-order valence-electron chi connectivity index (χ1n) is 9.92. The molecular weight excluding hydrogens is 542 g/mol. The van der Waals surface area contributed by atoms with Gasteiger partial charge < -0.3 is 14.8 Å². The highest BCUT2D eigenvalue weighted by Gasteiger charge is 2.44. The van der Waals surface area contributed by atoms with Crippen LogP contribution in [-0.4, -0.2) is 35.0 Å². The zero-order valence-electron chi connectivity index (χ0n) is 18.1. The molecule has 37 heavy (non-hydrogen) atoms. The summed E-state index contributed by atoms with van der Waals surface area (Å²) in [5.41, 5.74) is 0.592. The maximum absolute atomic E-state index is 13.1. The Bertz CT molecular complexity index is 1230. The zero-order chi connectivity index (χ0) is 27.2. The van der Waals surface area contributed by atoms with Crippen LogP contribution in [0.4, 0.5) is 52.6 Å². The van der Waals surface area contributed by atoms with E-state index in [-0.39, 0.29) is 23.5 Å². The van der Waals surface area contributed by atoms with Crippen molar-refractivity contribution in [3.63, 3.8) is 0 Å². The molecular formula is C21H14ClF8N5O2. The Morgan fingerprint density at radius 1 is 0.838 bits per heavy atom. The van der Waals surface area contributed by atoms with Gasteiger partial charge in [-0.05, 0) is 42.0 Å². The molecule has 3 rings (SSSR count). The van der Waals surface area contributed by atoms with E-state index in [4.69, 9.17) is 11.6 Å². The van der Waals surface area contributed by atoms with Crippen LogP contribution in [-0.2, 0) is 6.54 Å². The fourth-order valence-corrected chi connectivity index (χ4v) is 2.74. The fraction of sp³-hybridized carbons (Fsp3) is 0.238. The van der Waals surface area contributed by atoms with E-state index < -0.39 is 36.6 Å². The van der Waals surface area contributed by atoms with Crippen LogP contribution in [0.2, 0.25) is 5.15 Å². The lowest BCUT2D eigenvalue weighted by Gasteiger charge is -2.17. The SMILES string of the molecule is FC(F)C(F)(F)Oc1ccc(Nc2cc(Cl)nc(N=NCc3cccc(OC(F)(F)C(F)F)c3)n2)cc1. The summed E-state index contributed by atoms with van der Waals surface area (Å²) in [6.07, 6.45) is -17.3. The van der Waals surface area contributed by atoms with Crippen LogP contribution >= 0.6 is 11.6 Å². The molecule has 0 radical (unpaired) electrons. The van der Waals surface area contributed by atoms with Crippen molar-refractivity contribution in [1.29, 1.82) is 0 Å². The Labute approximate surface area is 208 Å². The second-order valence-corrected chi connectivity index (χ2v) is 7.39. The normalized spacial score (nSPS) is 12.4. The van der Waals surface area contributed by atoms with Crippen molar-refractivity contribution in [2.75, 3.05) is 5.32 Å². The Kier molecular flexibility index (Phi) is 8.68. The zero-order valence-corrected chi connectivity index (χ0v) is 18.8. The lowest BCUT2D eigenvalue weighted by atomic mass is 10.2. The molecule has 0 unspecified atom stereocenters. The Morgan fingerprint density at radius 2 is 1.46 bits per heavy atom. The third-order valence-corrected chi connectivity index (χ3v) is 4.33. The van der Waals surface area contributed by atoms with Crippen molar-refractivity contribution in [2.24, 2.45) is 10.2 Å². The van der Waals surface area contributed by atoms with Gasteiger partial charge in [0, 0.05) is 11.8 Å². The van der Waals surface area contributed by atoms with E-state index in [2.05, 4.69) is 35.0 Å². The minimum atomic E-state index is -4.66. The third kappa shape index (κ3) is 8.13. The van der Waals surface area contributed by atoms with Crippen molar-refractivity contribution < 1.29 is 44.6 Å². The van der Waals surface area contributed by atoms with E-state index in [1.54, 1.807) is 0 Å². The summed E-state index contributed by atoms with van der Waals surface area (Å²) in [6, 6.07) is 10.7. The number of hydrogen-bond acceptors (Lipinski definition) is 7. The highest BCUT2D eigenvalue weighted by atomic mass is 35.5. The molecule has 0 spiro atoms. The summed E-state index contributed by atoms with van der Waals surface area (Å²) in [5, 5.41) is 10.3. The van der Waals surface area contributed by atoms with E-state index >= 15 is 0 Å². The first-order valence-corrected chi connectivity index (χ1v) is 10.3. The van der Waals surface area contributed by atoms with E-state index in [9.17, 15) is 35.1 Å². The summed E-state index contributed by atoms with van der Waals surface area (Å²) in [4.78, 5) is 7.86. The van der Waals surface area contributed by atoms with Crippen LogP contribution in [0.25, 0.3) is 0 Å². The van der Waals surface area contributed by atoms with Gasteiger partial charge in [0.1, 0.15) is 22.5 Å². The van der Waals surface area contributed by atoms with Gasteiger partial charge in [-0.1, -0.05) is 23.7 Å². The number of nitrogens with one attached hydrogen (secondary N) is 1. The topological polar surface area (TPSA) is 81.0 Å². The van der Waals surface area contributed by atoms with Crippen molar-refractivity contribution in [3.05, 3.63) is 65.3 Å². The first-order chi connectivity index (χ1) is 17.3. The molecule has 0 aliphatic rings. The molecule has 16 heteroatoms. The number of nitrogens with zero attached hydrogens (tertiary/aromatic N) is 4. The van der Waals surface area contributed by atoms with Crippen LogP contribution in [0.15, 0.2) is 64.8 Å². The smallest absolute Gasteiger partial charge is 0.428 e. The van der Waals surface area contributed by atoms with E-state index in [0.717, 1.165) is 24.3 Å². The van der Waals surface area contributed by atoms with Crippen molar-refractivity contribution in [1.82, 2.24) is 9.97 Å². The number of ether oxygens (including phenoxy) is 2. The van der Waals surface area contributed by atoms with Gasteiger partial charge in [-0.3, -0.25) is 0 Å². The summed E-state index contributed by atoms with van der Waals surface area (Å²) < 4.78 is 109. The number of anilines is 2. The molecule has 0 amide bonds. The van der Waals surface area contributed by atoms with Crippen molar-refractivity contribution in [3.8, 4) is 11.5 Å². The molecule has 7 nitrogen and oxygen atoms in total. The molecule has 0 atom stereocenters. The van der Waals surface area contributed by atoms with Gasteiger partial charge in [0.2, 0.25) is 0 Å². The monoisotopic (exact) mass is 555 g/mol. The quantitative estimate of drug-likeness (QED) is 0.149. The summed E-state index contributed by atoms with van der Waals surface area (Å²) >= 11 is 5.93. The number of alkyl halides is 8.